The maximum absolute atomic E-state index is 12.1. The molecule has 0 atom stereocenters. The molecule has 0 aliphatic carbocycles. The van der Waals surface area contributed by atoms with Gasteiger partial charge in [-0.3, -0.25) is 4.72 Å². The van der Waals surface area contributed by atoms with Crippen LogP contribution in [0.25, 0.3) is 0 Å². The molecule has 0 aromatic heterocycles. The first-order valence-corrected chi connectivity index (χ1v) is 7.14. The predicted octanol–water partition coefficient (Wildman–Crippen LogP) is 0.965. The summed E-state index contributed by atoms with van der Waals surface area (Å²) in [5, 5.41) is 29.3. The topological polar surface area (TPSA) is 127 Å². The molecule has 0 amide bonds. The van der Waals surface area contributed by atoms with Gasteiger partial charge in [-0.15, -0.1) is 0 Å². The lowest BCUT2D eigenvalue weighted by atomic mass is 10.2. The Hall–Kier alpha value is -2.74. The number of benzene rings is 2. The second-order valence-electron chi connectivity index (χ2n) is 4.12. The molecule has 3 N–H and O–H groups in total. The number of aromatic carboxylic acids is 1. The lowest BCUT2D eigenvalue weighted by Gasteiger charge is -2.13. The molecule has 0 aliphatic rings. The van der Waals surface area contributed by atoms with Crippen LogP contribution in [0.3, 0.4) is 0 Å². The monoisotopic (exact) mass is 308 g/mol. The first-order chi connectivity index (χ1) is 9.79. The summed E-state index contributed by atoms with van der Waals surface area (Å²) in [6, 6.07) is 7.97. The molecule has 2 aromatic rings. The molecule has 21 heavy (non-hydrogen) atoms. The molecular weight excluding hydrogens is 298 g/mol. The van der Waals surface area contributed by atoms with Crippen LogP contribution in [0.5, 0.6) is 11.5 Å². The van der Waals surface area contributed by atoms with Gasteiger partial charge >= 0.3 is 5.97 Å². The van der Waals surface area contributed by atoms with Crippen LogP contribution in [0.15, 0.2) is 47.4 Å². The Bertz CT molecular complexity index is 783. The Morgan fingerprint density at radius 1 is 1.10 bits per heavy atom. The molecule has 7 nitrogen and oxygen atoms in total. The maximum Gasteiger partial charge on any atom is 0.335 e. The number of phenolic OH excluding ortho intramolecular Hbond substituents is 1. The zero-order valence-electron chi connectivity index (χ0n) is 10.5. The number of carbonyl (C=O) groups is 1. The van der Waals surface area contributed by atoms with Crippen molar-refractivity contribution in [2.24, 2.45) is 0 Å². The van der Waals surface area contributed by atoms with Gasteiger partial charge in [-0.25, -0.2) is 13.2 Å². The van der Waals surface area contributed by atoms with E-state index in [2.05, 4.69) is 4.72 Å². The number of aromatic hydroxyl groups is 1. The van der Waals surface area contributed by atoms with E-state index in [4.69, 9.17) is 10.2 Å². The van der Waals surface area contributed by atoms with Gasteiger partial charge in [0.05, 0.1) is 10.5 Å². The molecule has 0 aliphatic heterocycles. The summed E-state index contributed by atoms with van der Waals surface area (Å²) in [6.07, 6.45) is 0. The number of phenols is 1. The van der Waals surface area contributed by atoms with E-state index in [1.54, 1.807) is 0 Å². The first kappa shape index (κ1) is 14.7. The summed E-state index contributed by atoms with van der Waals surface area (Å²) in [5.41, 5.74) is -0.431. The van der Waals surface area contributed by atoms with E-state index < -0.39 is 27.3 Å². The molecule has 2 rings (SSSR count). The van der Waals surface area contributed by atoms with Crippen molar-refractivity contribution in [1.82, 2.24) is 0 Å². The smallest absolute Gasteiger partial charge is 0.335 e. The number of sulfonamides is 1. The van der Waals surface area contributed by atoms with Crippen LogP contribution >= 0.6 is 0 Å². The highest BCUT2D eigenvalue weighted by atomic mass is 32.2. The fourth-order valence-corrected chi connectivity index (χ4v) is 2.67. The molecule has 0 heterocycles. The normalized spacial score (nSPS) is 11.0. The highest BCUT2D eigenvalue weighted by molar-refractivity contribution is 7.92. The summed E-state index contributed by atoms with van der Waals surface area (Å²) < 4.78 is 26.4. The van der Waals surface area contributed by atoms with Gasteiger partial charge in [0.15, 0.2) is 0 Å². The van der Waals surface area contributed by atoms with Crippen LogP contribution in [0.1, 0.15) is 10.4 Å². The lowest BCUT2D eigenvalue weighted by Crippen LogP contribution is -2.14. The van der Waals surface area contributed by atoms with Crippen LogP contribution in [0, 0.1) is 0 Å². The van der Waals surface area contributed by atoms with Gasteiger partial charge in [-0.2, -0.15) is 0 Å². The van der Waals surface area contributed by atoms with Gasteiger partial charge in [-0.1, -0.05) is 11.8 Å². The van der Waals surface area contributed by atoms with Crippen molar-refractivity contribution in [2.45, 2.75) is 4.90 Å². The molecule has 0 spiro atoms. The van der Waals surface area contributed by atoms with E-state index >= 15 is 0 Å². The molecule has 0 radical (unpaired) electrons. The van der Waals surface area contributed by atoms with Gasteiger partial charge < -0.3 is 15.3 Å². The third-order valence-corrected chi connectivity index (χ3v) is 3.99. The Kier molecular flexibility index (Phi) is 3.72. The molecule has 0 bridgehead atoms. The second-order valence-corrected chi connectivity index (χ2v) is 5.80. The molecular formula is C13H10NO6S-. The van der Waals surface area contributed by atoms with E-state index in [9.17, 15) is 18.3 Å². The van der Waals surface area contributed by atoms with E-state index in [0.717, 1.165) is 18.2 Å². The van der Waals surface area contributed by atoms with E-state index in [-0.39, 0.29) is 16.3 Å². The summed E-state index contributed by atoms with van der Waals surface area (Å²) in [5.74, 6) is -2.30. The van der Waals surface area contributed by atoms with Crippen molar-refractivity contribution < 1.29 is 28.5 Å². The van der Waals surface area contributed by atoms with E-state index in [1.807, 2.05) is 0 Å². The standard InChI is InChI=1S/C13H11NO6S/c15-9-3-1-8(2-4-9)14-21(19,20)10-5-6-12(16)11(7-10)13(17)18/h1-7,14-16H,(H,17,18)/p-1. The van der Waals surface area contributed by atoms with Crippen molar-refractivity contribution >= 4 is 21.7 Å². The van der Waals surface area contributed by atoms with E-state index in [1.165, 1.54) is 24.3 Å². The number of carboxylic acid groups (broad SMARTS) is 1. The highest BCUT2D eigenvalue weighted by Gasteiger charge is 2.16. The first-order valence-electron chi connectivity index (χ1n) is 5.66. The summed E-state index contributed by atoms with van der Waals surface area (Å²) >= 11 is 0. The third kappa shape index (κ3) is 3.23. The van der Waals surface area contributed by atoms with Crippen LogP contribution < -0.4 is 9.83 Å². The largest absolute Gasteiger partial charge is 0.872 e. The Labute approximate surface area is 120 Å². The van der Waals surface area contributed by atoms with Crippen LogP contribution in [0.2, 0.25) is 0 Å². The van der Waals surface area contributed by atoms with Crippen LogP contribution in [-0.4, -0.2) is 24.6 Å². The highest BCUT2D eigenvalue weighted by Crippen LogP contribution is 2.22. The quantitative estimate of drug-likeness (QED) is 0.722. The average molecular weight is 308 g/mol. The molecule has 0 saturated heterocycles. The zero-order valence-corrected chi connectivity index (χ0v) is 11.3. The Balaban J connectivity index is 2.38. The van der Waals surface area contributed by atoms with Crippen molar-refractivity contribution in [3.63, 3.8) is 0 Å². The molecule has 0 saturated carbocycles. The average Bonchev–Trinajstić information content (AvgIpc) is 2.41. The van der Waals surface area contributed by atoms with Crippen molar-refractivity contribution in [1.29, 1.82) is 0 Å². The zero-order chi connectivity index (χ0) is 15.6. The van der Waals surface area contributed by atoms with E-state index in [0.29, 0.717) is 0 Å². The van der Waals surface area contributed by atoms with Crippen molar-refractivity contribution in [2.75, 3.05) is 4.72 Å². The lowest BCUT2D eigenvalue weighted by molar-refractivity contribution is -0.268. The number of hydrogen-bond donors (Lipinski definition) is 3. The molecule has 8 heteroatoms. The van der Waals surface area contributed by atoms with Gasteiger partial charge in [0, 0.05) is 5.69 Å². The predicted molar refractivity (Wildman–Crippen MR) is 71.8 cm³/mol. The minimum Gasteiger partial charge on any atom is -0.872 e. The summed E-state index contributed by atoms with van der Waals surface area (Å²) in [7, 11) is -4.03. The minimum atomic E-state index is -4.03. The summed E-state index contributed by atoms with van der Waals surface area (Å²) in [6.45, 7) is 0. The molecule has 2 aromatic carbocycles. The fourth-order valence-electron chi connectivity index (χ4n) is 1.59. The van der Waals surface area contributed by atoms with Gasteiger partial charge in [0.25, 0.3) is 10.0 Å². The van der Waals surface area contributed by atoms with Gasteiger partial charge in [0.2, 0.25) is 0 Å². The number of carboxylic acids is 1. The number of hydrogen-bond acceptors (Lipinski definition) is 5. The van der Waals surface area contributed by atoms with Gasteiger partial charge in [-0.05, 0) is 36.4 Å². The summed E-state index contributed by atoms with van der Waals surface area (Å²) in [4.78, 5) is 10.5. The minimum absolute atomic E-state index is 0.0261. The molecule has 110 valence electrons. The molecule has 0 fully saturated rings. The third-order valence-electron chi connectivity index (χ3n) is 2.61. The fraction of sp³-hybridized carbons (Fsp3) is 0. The van der Waals surface area contributed by atoms with Crippen molar-refractivity contribution in [3.8, 4) is 11.5 Å². The maximum atomic E-state index is 12.1. The number of anilines is 1. The molecule has 0 unspecified atom stereocenters. The van der Waals surface area contributed by atoms with Crippen LogP contribution in [0.4, 0.5) is 5.69 Å². The van der Waals surface area contributed by atoms with Crippen molar-refractivity contribution in [3.05, 3.63) is 48.0 Å². The Morgan fingerprint density at radius 3 is 2.29 bits per heavy atom. The SMILES string of the molecule is O=C(O)c1cc(S(=O)(=O)Nc2ccc(O)cc2)ccc1[O-]. The van der Waals surface area contributed by atoms with Gasteiger partial charge in [0.1, 0.15) is 5.75 Å². The second kappa shape index (κ2) is 5.33. The Morgan fingerprint density at radius 2 is 1.71 bits per heavy atom. The number of rotatable bonds is 4. The van der Waals surface area contributed by atoms with Crippen LogP contribution in [-0.2, 0) is 10.0 Å². The number of nitrogens with one attached hydrogen (secondary N) is 1.